The van der Waals surface area contributed by atoms with Crippen LogP contribution < -0.4 is 15.4 Å². The minimum atomic E-state index is 0.0697. The van der Waals surface area contributed by atoms with Crippen molar-refractivity contribution in [2.45, 2.75) is 25.8 Å². The van der Waals surface area contributed by atoms with Crippen LogP contribution in [0.2, 0.25) is 0 Å². The summed E-state index contributed by atoms with van der Waals surface area (Å²) in [5, 5.41) is 6.00. The smallest absolute Gasteiger partial charge is 0.221 e. The highest BCUT2D eigenvalue weighted by Crippen LogP contribution is 2.20. The normalized spacial score (nSPS) is 11.9. The summed E-state index contributed by atoms with van der Waals surface area (Å²) in [6.07, 6.45) is 1.38. The van der Waals surface area contributed by atoms with E-state index in [-0.39, 0.29) is 11.9 Å². The molecule has 4 heteroatoms. The maximum atomic E-state index is 11.7. The van der Waals surface area contributed by atoms with Crippen LogP contribution in [0.5, 0.6) is 5.75 Å². The number of ether oxygens (including phenoxy) is 1. The monoisotopic (exact) mass is 250 g/mol. The Balaban J connectivity index is 2.61. The van der Waals surface area contributed by atoms with Crippen LogP contribution in [0.25, 0.3) is 0 Å². The number of hydrogen-bond donors (Lipinski definition) is 2. The summed E-state index contributed by atoms with van der Waals surface area (Å²) >= 11 is 0. The van der Waals surface area contributed by atoms with Crippen LogP contribution in [-0.2, 0) is 4.79 Å². The van der Waals surface area contributed by atoms with Crippen LogP contribution in [-0.4, -0.2) is 26.6 Å². The number of carbonyl (C=O) groups excluding carboxylic acids is 1. The van der Waals surface area contributed by atoms with E-state index in [2.05, 4.69) is 17.6 Å². The lowest BCUT2D eigenvalue weighted by Gasteiger charge is -2.17. The molecule has 0 saturated heterocycles. The van der Waals surface area contributed by atoms with E-state index in [1.807, 2.05) is 31.3 Å². The molecule has 0 aromatic heterocycles. The molecule has 1 rings (SSSR count). The lowest BCUT2D eigenvalue weighted by Crippen LogP contribution is -2.30. The van der Waals surface area contributed by atoms with Crippen LogP contribution in [0.4, 0.5) is 0 Å². The molecule has 0 heterocycles. The fourth-order valence-corrected chi connectivity index (χ4v) is 1.76. The molecule has 0 bridgehead atoms. The number of nitrogens with one attached hydrogen (secondary N) is 2. The molecule has 0 spiro atoms. The second-order valence-corrected chi connectivity index (χ2v) is 4.16. The lowest BCUT2D eigenvalue weighted by atomic mass is 10.0. The zero-order valence-electron chi connectivity index (χ0n) is 11.3. The number of carbonyl (C=O) groups is 1. The van der Waals surface area contributed by atoms with E-state index in [9.17, 15) is 4.79 Å². The van der Waals surface area contributed by atoms with Crippen LogP contribution >= 0.6 is 0 Å². The van der Waals surface area contributed by atoms with Gasteiger partial charge in [0.25, 0.3) is 0 Å². The van der Waals surface area contributed by atoms with Gasteiger partial charge < -0.3 is 15.4 Å². The molecule has 0 fully saturated rings. The van der Waals surface area contributed by atoms with Gasteiger partial charge >= 0.3 is 0 Å². The van der Waals surface area contributed by atoms with Crippen molar-refractivity contribution < 1.29 is 9.53 Å². The molecule has 0 aliphatic carbocycles. The standard InChI is InChI=1S/C14H22N2O2/c1-4-13(16-14(17)9-10-15-2)11-5-7-12(18-3)8-6-11/h5-8,13,15H,4,9-10H2,1-3H3,(H,16,17). The fourth-order valence-electron chi connectivity index (χ4n) is 1.76. The number of amides is 1. The van der Waals surface area contributed by atoms with E-state index in [4.69, 9.17) is 4.74 Å². The molecule has 18 heavy (non-hydrogen) atoms. The summed E-state index contributed by atoms with van der Waals surface area (Å²) in [6, 6.07) is 7.88. The van der Waals surface area contributed by atoms with Gasteiger partial charge in [0.2, 0.25) is 5.91 Å². The quantitative estimate of drug-likeness (QED) is 0.776. The van der Waals surface area contributed by atoms with Crippen molar-refractivity contribution in [3.8, 4) is 5.75 Å². The second kappa shape index (κ2) is 7.71. The van der Waals surface area contributed by atoms with Gasteiger partial charge in [-0.1, -0.05) is 19.1 Å². The van der Waals surface area contributed by atoms with Gasteiger partial charge in [-0.2, -0.15) is 0 Å². The number of rotatable bonds is 7. The Morgan fingerprint density at radius 1 is 1.33 bits per heavy atom. The molecule has 0 aliphatic heterocycles. The van der Waals surface area contributed by atoms with Gasteiger partial charge in [0.05, 0.1) is 13.2 Å². The zero-order chi connectivity index (χ0) is 13.4. The summed E-state index contributed by atoms with van der Waals surface area (Å²) in [5.41, 5.74) is 1.11. The Morgan fingerprint density at radius 2 is 2.00 bits per heavy atom. The van der Waals surface area contributed by atoms with E-state index in [0.29, 0.717) is 13.0 Å². The molecule has 1 atom stereocenters. The van der Waals surface area contributed by atoms with Crippen LogP contribution in [0, 0.1) is 0 Å². The Morgan fingerprint density at radius 3 is 2.50 bits per heavy atom. The third-order valence-electron chi connectivity index (χ3n) is 2.86. The van der Waals surface area contributed by atoms with Gasteiger partial charge in [-0.25, -0.2) is 0 Å². The maximum absolute atomic E-state index is 11.7. The molecular formula is C14H22N2O2. The fraction of sp³-hybridized carbons (Fsp3) is 0.500. The van der Waals surface area contributed by atoms with Crippen LogP contribution in [0.3, 0.4) is 0 Å². The van der Waals surface area contributed by atoms with Crippen molar-refractivity contribution in [1.29, 1.82) is 0 Å². The maximum Gasteiger partial charge on any atom is 0.221 e. The van der Waals surface area contributed by atoms with Crippen molar-refractivity contribution in [3.05, 3.63) is 29.8 Å². The summed E-state index contributed by atoms with van der Waals surface area (Å²) in [4.78, 5) is 11.7. The summed E-state index contributed by atoms with van der Waals surface area (Å²) in [5.74, 6) is 0.905. The topological polar surface area (TPSA) is 50.4 Å². The molecule has 0 saturated carbocycles. The SMILES string of the molecule is CCC(NC(=O)CCNC)c1ccc(OC)cc1. The molecule has 4 nitrogen and oxygen atoms in total. The molecule has 2 N–H and O–H groups in total. The van der Waals surface area contributed by atoms with Gasteiger partial charge in [-0.15, -0.1) is 0 Å². The first kappa shape index (κ1) is 14.5. The first-order chi connectivity index (χ1) is 8.71. The minimum absolute atomic E-state index is 0.0697. The minimum Gasteiger partial charge on any atom is -0.497 e. The molecule has 0 aliphatic rings. The van der Waals surface area contributed by atoms with E-state index >= 15 is 0 Å². The highest BCUT2D eigenvalue weighted by atomic mass is 16.5. The average Bonchev–Trinajstić information content (AvgIpc) is 2.42. The lowest BCUT2D eigenvalue weighted by molar-refractivity contribution is -0.121. The molecular weight excluding hydrogens is 228 g/mol. The van der Waals surface area contributed by atoms with Gasteiger partial charge in [0.1, 0.15) is 5.75 Å². The molecule has 1 amide bonds. The molecule has 100 valence electrons. The first-order valence-electron chi connectivity index (χ1n) is 6.29. The van der Waals surface area contributed by atoms with E-state index in [0.717, 1.165) is 17.7 Å². The summed E-state index contributed by atoms with van der Waals surface area (Å²) in [7, 11) is 3.49. The van der Waals surface area contributed by atoms with Gasteiger partial charge in [0.15, 0.2) is 0 Å². The third-order valence-corrected chi connectivity index (χ3v) is 2.86. The highest BCUT2D eigenvalue weighted by molar-refractivity contribution is 5.76. The summed E-state index contributed by atoms with van der Waals surface area (Å²) < 4.78 is 5.12. The second-order valence-electron chi connectivity index (χ2n) is 4.16. The highest BCUT2D eigenvalue weighted by Gasteiger charge is 2.12. The molecule has 0 radical (unpaired) electrons. The van der Waals surface area contributed by atoms with E-state index in [1.54, 1.807) is 7.11 Å². The Kier molecular flexibility index (Phi) is 6.22. The van der Waals surface area contributed by atoms with Crippen molar-refractivity contribution in [2.75, 3.05) is 20.7 Å². The molecule has 1 unspecified atom stereocenters. The van der Waals surface area contributed by atoms with Crippen molar-refractivity contribution in [2.24, 2.45) is 0 Å². The largest absolute Gasteiger partial charge is 0.497 e. The van der Waals surface area contributed by atoms with Crippen molar-refractivity contribution in [1.82, 2.24) is 10.6 Å². The Bertz CT molecular complexity index is 363. The molecule has 1 aromatic rings. The Hall–Kier alpha value is -1.55. The van der Waals surface area contributed by atoms with Crippen LogP contribution in [0.1, 0.15) is 31.4 Å². The summed E-state index contributed by atoms with van der Waals surface area (Å²) in [6.45, 7) is 2.76. The van der Waals surface area contributed by atoms with Crippen LogP contribution in [0.15, 0.2) is 24.3 Å². The van der Waals surface area contributed by atoms with Gasteiger partial charge in [-0.05, 0) is 31.2 Å². The first-order valence-corrected chi connectivity index (χ1v) is 6.29. The molecule has 1 aromatic carbocycles. The predicted octanol–water partition coefficient (Wildman–Crippen LogP) is 1.87. The van der Waals surface area contributed by atoms with Gasteiger partial charge in [-0.3, -0.25) is 4.79 Å². The van der Waals surface area contributed by atoms with Crippen molar-refractivity contribution in [3.63, 3.8) is 0 Å². The van der Waals surface area contributed by atoms with Gasteiger partial charge in [0, 0.05) is 13.0 Å². The number of methoxy groups -OCH3 is 1. The third kappa shape index (κ3) is 4.37. The average molecular weight is 250 g/mol. The predicted molar refractivity (Wildman–Crippen MR) is 72.7 cm³/mol. The number of hydrogen-bond acceptors (Lipinski definition) is 3. The van der Waals surface area contributed by atoms with E-state index < -0.39 is 0 Å². The van der Waals surface area contributed by atoms with E-state index in [1.165, 1.54) is 0 Å². The van der Waals surface area contributed by atoms with Crippen molar-refractivity contribution >= 4 is 5.91 Å². The zero-order valence-corrected chi connectivity index (χ0v) is 11.3. The number of benzene rings is 1. The Labute approximate surface area is 109 Å².